The molecule has 1 heterocycles. The molecule has 6 nitrogen and oxygen atoms in total. The zero-order valence-electron chi connectivity index (χ0n) is 12.2. The molecule has 2 N–H and O–H groups in total. The summed E-state index contributed by atoms with van der Waals surface area (Å²) in [5.74, 6) is -1.30. The minimum Gasteiger partial charge on any atom is -0.480 e. The second kappa shape index (κ2) is 5.95. The van der Waals surface area contributed by atoms with Crippen LogP contribution >= 0.6 is 0 Å². The van der Waals surface area contributed by atoms with Crippen LogP contribution in [0.25, 0.3) is 11.0 Å². The van der Waals surface area contributed by atoms with E-state index in [-0.39, 0.29) is 12.3 Å². The van der Waals surface area contributed by atoms with Crippen molar-refractivity contribution in [2.75, 3.05) is 0 Å². The van der Waals surface area contributed by atoms with Crippen molar-refractivity contribution in [2.45, 2.75) is 38.8 Å². The molecule has 0 fully saturated rings. The highest BCUT2D eigenvalue weighted by atomic mass is 16.4. The lowest BCUT2D eigenvalue weighted by atomic mass is 9.99. The van der Waals surface area contributed by atoms with Crippen molar-refractivity contribution in [3.8, 4) is 0 Å². The van der Waals surface area contributed by atoms with E-state index in [2.05, 4.69) is 10.3 Å². The van der Waals surface area contributed by atoms with Gasteiger partial charge in [0.1, 0.15) is 5.54 Å². The summed E-state index contributed by atoms with van der Waals surface area (Å²) >= 11 is 0. The number of carbonyl (C=O) groups is 2. The highest BCUT2D eigenvalue weighted by molar-refractivity contribution is 5.86. The molecule has 0 aliphatic rings. The van der Waals surface area contributed by atoms with E-state index >= 15 is 0 Å². The van der Waals surface area contributed by atoms with Gasteiger partial charge in [0, 0.05) is 13.0 Å². The summed E-state index contributed by atoms with van der Waals surface area (Å²) in [6, 6.07) is 7.67. The number of carboxylic acid groups (broad SMARTS) is 1. The van der Waals surface area contributed by atoms with Crippen molar-refractivity contribution in [3.05, 3.63) is 30.6 Å². The number of para-hydroxylation sites is 2. The van der Waals surface area contributed by atoms with Gasteiger partial charge in [0.2, 0.25) is 5.91 Å². The van der Waals surface area contributed by atoms with Gasteiger partial charge in [-0.25, -0.2) is 9.78 Å². The third kappa shape index (κ3) is 3.21. The number of imidazole rings is 1. The molecule has 6 heteroatoms. The van der Waals surface area contributed by atoms with E-state index in [0.29, 0.717) is 13.0 Å². The standard InChI is InChI=1S/C15H19N3O3/c1-3-15(2,14(20)21)17-13(19)8-9-18-10-16-11-6-4-5-7-12(11)18/h4-7,10H,3,8-9H2,1-2H3,(H,17,19)(H,20,21). The summed E-state index contributed by atoms with van der Waals surface area (Å²) in [6.45, 7) is 3.71. The highest BCUT2D eigenvalue weighted by Crippen LogP contribution is 2.13. The van der Waals surface area contributed by atoms with Crippen LogP contribution in [-0.4, -0.2) is 32.1 Å². The highest BCUT2D eigenvalue weighted by Gasteiger charge is 2.32. The third-order valence-corrected chi connectivity index (χ3v) is 3.70. The maximum Gasteiger partial charge on any atom is 0.329 e. The molecule has 112 valence electrons. The summed E-state index contributed by atoms with van der Waals surface area (Å²) in [4.78, 5) is 27.4. The summed E-state index contributed by atoms with van der Waals surface area (Å²) in [6.07, 6.45) is 2.24. The Hall–Kier alpha value is -2.37. The molecule has 2 aromatic rings. The number of hydrogen-bond acceptors (Lipinski definition) is 3. The molecule has 0 saturated carbocycles. The van der Waals surface area contributed by atoms with Crippen molar-refractivity contribution in [1.29, 1.82) is 0 Å². The van der Waals surface area contributed by atoms with E-state index < -0.39 is 11.5 Å². The topological polar surface area (TPSA) is 84.2 Å². The lowest BCUT2D eigenvalue weighted by Gasteiger charge is -2.24. The molecular weight excluding hydrogens is 270 g/mol. The number of aliphatic carboxylic acids is 1. The van der Waals surface area contributed by atoms with E-state index in [9.17, 15) is 9.59 Å². The van der Waals surface area contributed by atoms with Gasteiger partial charge in [0.25, 0.3) is 0 Å². The fraction of sp³-hybridized carbons (Fsp3) is 0.400. The van der Waals surface area contributed by atoms with Crippen LogP contribution < -0.4 is 5.32 Å². The number of rotatable bonds is 6. The Morgan fingerprint density at radius 2 is 2.10 bits per heavy atom. The SMILES string of the molecule is CCC(C)(NC(=O)CCn1cnc2ccccc21)C(=O)O. The molecule has 1 unspecified atom stereocenters. The molecule has 2 rings (SSSR count). The number of aromatic nitrogens is 2. The Morgan fingerprint density at radius 1 is 1.38 bits per heavy atom. The van der Waals surface area contributed by atoms with E-state index in [1.807, 2.05) is 28.8 Å². The Kier molecular flexibility index (Phi) is 4.26. The van der Waals surface area contributed by atoms with E-state index in [1.54, 1.807) is 13.3 Å². The summed E-state index contributed by atoms with van der Waals surface area (Å²) in [5, 5.41) is 11.7. The Labute approximate surface area is 122 Å². The minimum absolute atomic E-state index is 0.212. The largest absolute Gasteiger partial charge is 0.480 e. The first-order valence-corrected chi connectivity index (χ1v) is 6.90. The van der Waals surface area contributed by atoms with Crippen LogP contribution in [0.5, 0.6) is 0 Å². The molecule has 1 aromatic carbocycles. The van der Waals surface area contributed by atoms with Gasteiger partial charge in [0.15, 0.2) is 0 Å². The van der Waals surface area contributed by atoms with Crippen LogP contribution in [0, 0.1) is 0 Å². The fourth-order valence-electron chi connectivity index (χ4n) is 2.07. The Balaban J connectivity index is 2.00. The monoisotopic (exact) mass is 289 g/mol. The van der Waals surface area contributed by atoms with Crippen molar-refractivity contribution < 1.29 is 14.7 Å². The molecule has 0 bridgehead atoms. The fourth-order valence-corrected chi connectivity index (χ4v) is 2.07. The molecule has 1 amide bonds. The van der Waals surface area contributed by atoms with Gasteiger partial charge in [-0.1, -0.05) is 19.1 Å². The van der Waals surface area contributed by atoms with Crippen molar-refractivity contribution >= 4 is 22.9 Å². The first kappa shape index (κ1) is 15.0. The minimum atomic E-state index is -1.21. The van der Waals surface area contributed by atoms with Crippen LogP contribution in [0.3, 0.4) is 0 Å². The molecule has 1 aromatic heterocycles. The van der Waals surface area contributed by atoms with E-state index in [0.717, 1.165) is 11.0 Å². The zero-order valence-corrected chi connectivity index (χ0v) is 12.2. The first-order valence-electron chi connectivity index (χ1n) is 6.90. The number of amides is 1. The lowest BCUT2D eigenvalue weighted by Crippen LogP contribution is -2.51. The number of nitrogens with one attached hydrogen (secondary N) is 1. The van der Waals surface area contributed by atoms with Crippen LogP contribution in [-0.2, 0) is 16.1 Å². The van der Waals surface area contributed by atoms with Gasteiger partial charge < -0.3 is 15.0 Å². The Morgan fingerprint density at radius 3 is 2.76 bits per heavy atom. The predicted octanol–water partition coefficient (Wildman–Crippen LogP) is 1.80. The zero-order chi connectivity index (χ0) is 15.5. The van der Waals surface area contributed by atoms with Crippen LogP contribution in [0.2, 0.25) is 0 Å². The van der Waals surface area contributed by atoms with E-state index in [1.165, 1.54) is 6.92 Å². The second-order valence-corrected chi connectivity index (χ2v) is 5.22. The molecule has 0 spiro atoms. The molecular formula is C15H19N3O3. The second-order valence-electron chi connectivity index (χ2n) is 5.22. The lowest BCUT2D eigenvalue weighted by molar-refractivity contribution is -0.147. The quantitative estimate of drug-likeness (QED) is 0.849. The van der Waals surface area contributed by atoms with Gasteiger partial charge in [-0.3, -0.25) is 4.79 Å². The summed E-state index contributed by atoms with van der Waals surface area (Å²) in [7, 11) is 0. The third-order valence-electron chi connectivity index (χ3n) is 3.70. The first-order chi connectivity index (χ1) is 9.96. The Bertz CT molecular complexity index is 665. The molecule has 0 radical (unpaired) electrons. The molecule has 0 aliphatic heterocycles. The number of hydrogen-bond donors (Lipinski definition) is 2. The van der Waals surface area contributed by atoms with Crippen molar-refractivity contribution in [2.24, 2.45) is 0 Å². The normalized spacial score (nSPS) is 13.8. The van der Waals surface area contributed by atoms with Crippen molar-refractivity contribution in [1.82, 2.24) is 14.9 Å². The van der Waals surface area contributed by atoms with Gasteiger partial charge in [-0.2, -0.15) is 0 Å². The molecule has 1 atom stereocenters. The maximum absolute atomic E-state index is 11.9. The van der Waals surface area contributed by atoms with Gasteiger partial charge in [0.05, 0.1) is 17.4 Å². The van der Waals surface area contributed by atoms with Gasteiger partial charge in [-0.05, 0) is 25.5 Å². The number of nitrogens with zero attached hydrogens (tertiary/aromatic N) is 2. The van der Waals surface area contributed by atoms with Gasteiger partial charge in [-0.15, -0.1) is 0 Å². The van der Waals surface area contributed by atoms with Crippen LogP contribution in [0.15, 0.2) is 30.6 Å². The summed E-state index contributed by atoms with van der Waals surface area (Å²) < 4.78 is 1.89. The average molecular weight is 289 g/mol. The van der Waals surface area contributed by atoms with Crippen LogP contribution in [0.4, 0.5) is 0 Å². The molecule has 0 saturated heterocycles. The predicted molar refractivity (Wildman–Crippen MR) is 78.8 cm³/mol. The van der Waals surface area contributed by atoms with Gasteiger partial charge >= 0.3 is 5.97 Å². The number of benzene rings is 1. The van der Waals surface area contributed by atoms with Crippen LogP contribution in [0.1, 0.15) is 26.7 Å². The molecule has 21 heavy (non-hydrogen) atoms. The number of carboxylic acids is 1. The number of aryl methyl sites for hydroxylation is 1. The van der Waals surface area contributed by atoms with Crippen molar-refractivity contribution in [3.63, 3.8) is 0 Å². The summed E-state index contributed by atoms with van der Waals surface area (Å²) in [5.41, 5.74) is 0.622. The number of carbonyl (C=O) groups excluding carboxylic acids is 1. The average Bonchev–Trinajstić information content (AvgIpc) is 2.88. The molecule has 0 aliphatic carbocycles. The number of fused-ring (bicyclic) bond motifs is 1. The van der Waals surface area contributed by atoms with E-state index in [4.69, 9.17) is 5.11 Å². The maximum atomic E-state index is 11.9. The smallest absolute Gasteiger partial charge is 0.329 e.